The maximum Gasteiger partial charge on any atom is 0.210 e. The monoisotopic (exact) mass is 412 g/mol. The lowest BCUT2D eigenvalue weighted by Gasteiger charge is -2.22. The number of hydrogen-bond acceptors (Lipinski definition) is 4. The van der Waals surface area contributed by atoms with Crippen LogP contribution >= 0.6 is 0 Å². The Kier molecular flexibility index (Phi) is 5.24. The summed E-state index contributed by atoms with van der Waals surface area (Å²) in [5.74, 6) is 0.452. The first-order valence-electron chi connectivity index (χ1n) is 9.76. The second-order valence-corrected chi connectivity index (χ2v) is 10.9. The van der Waals surface area contributed by atoms with E-state index >= 15 is 0 Å². The first kappa shape index (κ1) is 21.3. The van der Waals surface area contributed by atoms with E-state index in [2.05, 4.69) is 20.8 Å². The third-order valence-corrected chi connectivity index (χ3v) is 6.65. The normalized spacial score (nSPS) is 20.1. The molecule has 0 bridgehead atoms. The smallest absolute Gasteiger partial charge is 0.210 e. The number of sulfone groups is 1. The standard InChI is InChI=1S/C24H28O4S/c1-7-24(5)22(25)20(16-8-12-18(13-9-16)23(2,3)4)21(28-24)17-10-14-19(15-11-17)29(6,26)27/h8-15H,7H2,1-6H3. The summed E-state index contributed by atoms with van der Waals surface area (Å²) in [5.41, 5.74) is 2.32. The van der Waals surface area contributed by atoms with Crippen molar-refractivity contribution in [3.05, 3.63) is 65.2 Å². The molecule has 0 aromatic heterocycles. The van der Waals surface area contributed by atoms with Crippen molar-refractivity contribution in [2.75, 3.05) is 6.26 Å². The minimum atomic E-state index is -3.29. The van der Waals surface area contributed by atoms with Gasteiger partial charge in [-0.25, -0.2) is 8.42 Å². The maximum absolute atomic E-state index is 13.3. The maximum atomic E-state index is 13.3. The Balaban J connectivity index is 2.14. The number of benzene rings is 2. The van der Waals surface area contributed by atoms with Gasteiger partial charge in [-0.15, -0.1) is 0 Å². The van der Waals surface area contributed by atoms with E-state index in [0.717, 1.165) is 5.56 Å². The number of rotatable bonds is 4. The van der Waals surface area contributed by atoms with Crippen molar-refractivity contribution in [2.24, 2.45) is 0 Å². The topological polar surface area (TPSA) is 60.4 Å². The Bertz CT molecular complexity index is 1070. The van der Waals surface area contributed by atoms with E-state index in [0.29, 0.717) is 23.3 Å². The molecule has 154 valence electrons. The van der Waals surface area contributed by atoms with Crippen molar-refractivity contribution in [3.63, 3.8) is 0 Å². The van der Waals surface area contributed by atoms with Gasteiger partial charge in [-0.1, -0.05) is 52.0 Å². The van der Waals surface area contributed by atoms with Gasteiger partial charge in [0, 0.05) is 11.8 Å². The molecule has 0 saturated carbocycles. The van der Waals surface area contributed by atoms with E-state index in [1.54, 1.807) is 31.2 Å². The van der Waals surface area contributed by atoms with Gasteiger partial charge in [0.2, 0.25) is 5.78 Å². The summed E-state index contributed by atoms with van der Waals surface area (Å²) in [6.07, 6.45) is 1.72. The molecule has 0 N–H and O–H groups in total. The van der Waals surface area contributed by atoms with Gasteiger partial charge < -0.3 is 4.74 Å². The Morgan fingerprint density at radius 3 is 1.90 bits per heavy atom. The number of Topliss-reactive ketones (excluding diaryl/α,β-unsaturated/α-hetero) is 1. The van der Waals surface area contributed by atoms with Gasteiger partial charge in [0.15, 0.2) is 15.4 Å². The zero-order chi connectivity index (χ0) is 21.6. The first-order valence-corrected chi connectivity index (χ1v) is 11.7. The number of carbonyl (C=O) groups excluding carboxylic acids is 1. The van der Waals surface area contributed by atoms with Crippen LogP contribution < -0.4 is 0 Å². The van der Waals surface area contributed by atoms with E-state index in [-0.39, 0.29) is 16.1 Å². The molecule has 1 aliphatic rings. The highest BCUT2D eigenvalue weighted by Gasteiger charge is 2.45. The molecule has 0 fully saturated rings. The molecule has 0 spiro atoms. The van der Waals surface area contributed by atoms with E-state index < -0.39 is 15.4 Å². The van der Waals surface area contributed by atoms with E-state index in [4.69, 9.17) is 4.74 Å². The summed E-state index contributed by atoms with van der Waals surface area (Å²) in [5, 5.41) is 0. The van der Waals surface area contributed by atoms with Gasteiger partial charge in [-0.2, -0.15) is 0 Å². The molecule has 29 heavy (non-hydrogen) atoms. The zero-order valence-corrected chi connectivity index (χ0v) is 18.7. The van der Waals surface area contributed by atoms with Gasteiger partial charge in [0.05, 0.1) is 10.5 Å². The highest BCUT2D eigenvalue weighted by molar-refractivity contribution is 7.90. The fraction of sp³-hybridized carbons (Fsp3) is 0.375. The number of ether oxygens (including phenoxy) is 1. The highest BCUT2D eigenvalue weighted by Crippen LogP contribution is 2.43. The molecule has 1 atom stereocenters. The van der Waals surface area contributed by atoms with Gasteiger partial charge in [0.25, 0.3) is 0 Å². The number of carbonyl (C=O) groups is 1. The molecular weight excluding hydrogens is 384 g/mol. The minimum Gasteiger partial charge on any atom is -0.478 e. The van der Waals surface area contributed by atoms with Crippen molar-refractivity contribution in [3.8, 4) is 0 Å². The van der Waals surface area contributed by atoms with Crippen LogP contribution in [0.5, 0.6) is 0 Å². The van der Waals surface area contributed by atoms with E-state index in [1.165, 1.54) is 11.8 Å². The Morgan fingerprint density at radius 1 is 0.931 bits per heavy atom. The van der Waals surface area contributed by atoms with Crippen LogP contribution in [0.25, 0.3) is 11.3 Å². The molecule has 2 aromatic carbocycles. The predicted octanol–water partition coefficient (Wildman–Crippen LogP) is 5.02. The van der Waals surface area contributed by atoms with Crippen LogP contribution in [0.4, 0.5) is 0 Å². The molecule has 1 aliphatic heterocycles. The van der Waals surface area contributed by atoms with Crippen LogP contribution in [0.1, 0.15) is 57.7 Å². The van der Waals surface area contributed by atoms with Crippen LogP contribution in [-0.4, -0.2) is 26.1 Å². The molecule has 3 rings (SSSR count). The van der Waals surface area contributed by atoms with Crippen molar-refractivity contribution in [1.29, 1.82) is 0 Å². The van der Waals surface area contributed by atoms with Gasteiger partial charge in [-0.3, -0.25) is 4.79 Å². The fourth-order valence-electron chi connectivity index (χ4n) is 3.38. The minimum absolute atomic E-state index is 0.0192. The SMILES string of the molecule is CCC1(C)OC(c2ccc(S(C)(=O)=O)cc2)=C(c2ccc(C(C)(C)C)cc2)C1=O. The summed E-state index contributed by atoms with van der Waals surface area (Å²) >= 11 is 0. The van der Waals surface area contributed by atoms with Gasteiger partial charge in [-0.05, 0) is 54.2 Å². The summed E-state index contributed by atoms with van der Waals surface area (Å²) in [6, 6.07) is 14.5. The molecule has 0 saturated heterocycles. The van der Waals surface area contributed by atoms with Crippen molar-refractivity contribution < 1.29 is 17.9 Å². The fourth-order valence-corrected chi connectivity index (χ4v) is 4.01. The van der Waals surface area contributed by atoms with E-state index in [1.807, 2.05) is 31.2 Å². The predicted molar refractivity (Wildman–Crippen MR) is 116 cm³/mol. The lowest BCUT2D eigenvalue weighted by atomic mass is 9.84. The summed E-state index contributed by atoms with van der Waals surface area (Å²) in [4.78, 5) is 13.5. The summed E-state index contributed by atoms with van der Waals surface area (Å²) in [6.45, 7) is 10.2. The second-order valence-electron chi connectivity index (χ2n) is 8.84. The summed E-state index contributed by atoms with van der Waals surface area (Å²) < 4.78 is 29.7. The number of ketones is 1. The molecule has 1 unspecified atom stereocenters. The zero-order valence-electron chi connectivity index (χ0n) is 17.9. The van der Waals surface area contributed by atoms with Crippen molar-refractivity contribution in [1.82, 2.24) is 0 Å². The van der Waals surface area contributed by atoms with Crippen LogP contribution in [0.15, 0.2) is 53.4 Å². The molecule has 0 aliphatic carbocycles. The third kappa shape index (κ3) is 4.01. The highest BCUT2D eigenvalue weighted by atomic mass is 32.2. The molecule has 1 heterocycles. The van der Waals surface area contributed by atoms with Gasteiger partial charge >= 0.3 is 0 Å². The average molecular weight is 413 g/mol. The van der Waals surface area contributed by atoms with E-state index in [9.17, 15) is 13.2 Å². The third-order valence-electron chi connectivity index (χ3n) is 5.52. The Hall–Kier alpha value is -2.40. The molecule has 4 nitrogen and oxygen atoms in total. The molecule has 5 heteroatoms. The Labute approximate surface area is 173 Å². The van der Waals surface area contributed by atoms with Crippen molar-refractivity contribution >= 4 is 27.0 Å². The Morgan fingerprint density at radius 2 is 1.45 bits per heavy atom. The summed E-state index contributed by atoms with van der Waals surface area (Å²) in [7, 11) is -3.29. The quantitative estimate of drug-likeness (QED) is 0.707. The first-order chi connectivity index (χ1) is 13.4. The molecule has 0 amide bonds. The van der Waals surface area contributed by atoms with Crippen LogP contribution in [0, 0.1) is 0 Å². The largest absolute Gasteiger partial charge is 0.478 e. The van der Waals surface area contributed by atoms with Crippen LogP contribution in [0.3, 0.4) is 0 Å². The van der Waals surface area contributed by atoms with Crippen LogP contribution in [0.2, 0.25) is 0 Å². The van der Waals surface area contributed by atoms with Crippen molar-refractivity contribution in [2.45, 2.75) is 57.0 Å². The van der Waals surface area contributed by atoms with Gasteiger partial charge in [0.1, 0.15) is 5.76 Å². The second kappa shape index (κ2) is 7.13. The molecular formula is C24H28O4S. The average Bonchev–Trinajstić information content (AvgIpc) is 2.92. The molecule has 2 aromatic rings. The van der Waals surface area contributed by atoms with Crippen LogP contribution in [-0.2, 0) is 24.8 Å². The lowest BCUT2D eigenvalue weighted by molar-refractivity contribution is -0.126. The number of hydrogen-bond donors (Lipinski definition) is 0. The lowest BCUT2D eigenvalue weighted by Crippen LogP contribution is -2.32. The molecule has 0 radical (unpaired) electrons.